The molecule has 1 aromatic carbocycles. The van der Waals surface area contributed by atoms with Gasteiger partial charge in [-0.2, -0.15) is 0 Å². The molecule has 1 aromatic heterocycles. The number of hydrogen-bond donors (Lipinski definition) is 3. The van der Waals surface area contributed by atoms with Gasteiger partial charge in [-0.25, -0.2) is 9.98 Å². The molecule has 146 valence electrons. The molecule has 0 spiro atoms. The first-order valence-electron chi connectivity index (χ1n) is 9.25. The zero-order valence-electron chi connectivity index (χ0n) is 15.2. The Kier molecular flexibility index (Phi) is 4.06. The number of fused-ring (bicyclic) bond motifs is 3. The van der Waals surface area contributed by atoms with Crippen LogP contribution < -0.4 is 0 Å². The molecule has 3 aliphatic heterocycles. The highest BCUT2D eigenvalue weighted by atomic mass is 16.6. The molecule has 0 amide bonds. The van der Waals surface area contributed by atoms with Crippen LogP contribution >= 0.6 is 0 Å². The Hall–Kier alpha value is -2.59. The normalized spacial score (nSPS) is 33.7. The van der Waals surface area contributed by atoms with Crippen LogP contribution in [0.25, 0.3) is 0 Å². The molecule has 0 bridgehead atoms. The van der Waals surface area contributed by atoms with E-state index in [1.54, 1.807) is 10.9 Å². The first-order valence-corrected chi connectivity index (χ1v) is 9.25. The number of aliphatic hydroxyl groups is 3. The number of benzene rings is 1. The number of nitrogens with zero attached hydrogens (tertiary/aromatic N) is 5. The van der Waals surface area contributed by atoms with Crippen LogP contribution in [0.2, 0.25) is 0 Å². The fourth-order valence-electron chi connectivity index (χ4n) is 4.15. The van der Waals surface area contributed by atoms with Crippen LogP contribution in [0.1, 0.15) is 30.5 Å². The lowest BCUT2D eigenvalue weighted by atomic mass is 10.0. The van der Waals surface area contributed by atoms with Crippen molar-refractivity contribution in [2.75, 3.05) is 6.61 Å². The predicted molar refractivity (Wildman–Crippen MR) is 100 cm³/mol. The fraction of sp³-hybridized carbons (Fsp3) is 0.421. The van der Waals surface area contributed by atoms with E-state index in [1.165, 1.54) is 6.33 Å². The molecule has 9 nitrogen and oxygen atoms in total. The Bertz CT molecular complexity index is 943. The number of amidine groups is 1. The van der Waals surface area contributed by atoms with Gasteiger partial charge in [-0.3, -0.25) is 9.56 Å². The Morgan fingerprint density at radius 1 is 1.14 bits per heavy atom. The van der Waals surface area contributed by atoms with Crippen LogP contribution in [0.5, 0.6) is 0 Å². The maximum absolute atomic E-state index is 10.3. The van der Waals surface area contributed by atoms with Crippen molar-refractivity contribution < 1.29 is 20.1 Å². The van der Waals surface area contributed by atoms with Crippen molar-refractivity contribution in [1.29, 1.82) is 0 Å². The van der Waals surface area contributed by atoms with Crippen molar-refractivity contribution in [2.45, 2.75) is 43.5 Å². The van der Waals surface area contributed by atoms with Crippen LogP contribution in [-0.2, 0) is 4.74 Å². The van der Waals surface area contributed by atoms with Gasteiger partial charge in [0.2, 0.25) is 0 Å². The van der Waals surface area contributed by atoms with Gasteiger partial charge >= 0.3 is 0 Å². The second-order valence-electron chi connectivity index (χ2n) is 7.25. The minimum Gasteiger partial charge on any atom is -0.394 e. The molecule has 2 aromatic rings. The van der Waals surface area contributed by atoms with Crippen molar-refractivity contribution in [3.05, 3.63) is 47.9 Å². The van der Waals surface area contributed by atoms with Gasteiger partial charge in [0.05, 0.1) is 31.4 Å². The topological polar surface area (TPSA) is 116 Å². The molecule has 0 radical (unpaired) electrons. The Balaban J connectivity index is 1.50. The minimum absolute atomic E-state index is 0.0221. The van der Waals surface area contributed by atoms with Gasteiger partial charge in [0, 0.05) is 0 Å². The zero-order valence-corrected chi connectivity index (χ0v) is 15.2. The van der Waals surface area contributed by atoms with Crippen LogP contribution in [0.15, 0.2) is 46.6 Å². The summed E-state index contributed by atoms with van der Waals surface area (Å²) in [5, 5.41) is 29.7. The van der Waals surface area contributed by atoms with Crippen LogP contribution in [0, 0.1) is 0 Å². The molecule has 6 atom stereocenters. The molecule has 3 aliphatic rings. The number of aromatic nitrogens is 2. The summed E-state index contributed by atoms with van der Waals surface area (Å²) in [6.45, 7) is 1.67. The second kappa shape index (κ2) is 6.49. The third kappa shape index (κ3) is 2.44. The standard InChI is InChI=1S/C19H21N5O4/c1-10-14(11-5-3-2-4-6-11)23-9-21-17-13(18(23)22-10)20-8-24(17)19-16(27)15(26)12(7-25)28-19/h2-6,8-10,12,14-16,19,25-27H,7H2,1H3/t10-,12-,14+,15-,16-,19?/m0/s1. The van der Waals surface area contributed by atoms with Crippen LogP contribution in [-0.4, -0.2) is 72.9 Å². The summed E-state index contributed by atoms with van der Waals surface area (Å²) < 4.78 is 7.19. The molecule has 1 unspecified atom stereocenters. The number of aliphatic imine (C=N–C) groups is 2. The average molecular weight is 383 g/mol. The van der Waals surface area contributed by atoms with Gasteiger partial charge < -0.3 is 25.0 Å². The number of hydrogen-bond acceptors (Lipinski definition) is 8. The highest BCUT2D eigenvalue weighted by molar-refractivity contribution is 6.10. The lowest BCUT2D eigenvalue weighted by Gasteiger charge is -2.28. The number of imidazole rings is 1. The van der Waals surface area contributed by atoms with E-state index in [9.17, 15) is 15.3 Å². The molecule has 5 rings (SSSR count). The van der Waals surface area contributed by atoms with Gasteiger partial charge in [-0.1, -0.05) is 30.3 Å². The van der Waals surface area contributed by atoms with E-state index >= 15 is 0 Å². The summed E-state index contributed by atoms with van der Waals surface area (Å²) >= 11 is 0. The number of aliphatic hydroxyl groups excluding tert-OH is 3. The third-order valence-electron chi connectivity index (χ3n) is 5.54. The monoisotopic (exact) mass is 383 g/mol. The first kappa shape index (κ1) is 17.5. The average Bonchev–Trinajstić information content (AvgIpc) is 3.36. The maximum Gasteiger partial charge on any atom is 0.167 e. The summed E-state index contributed by atoms with van der Waals surface area (Å²) in [6, 6.07) is 10.2. The van der Waals surface area contributed by atoms with Crippen molar-refractivity contribution >= 4 is 18.0 Å². The van der Waals surface area contributed by atoms with Gasteiger partial charge in [0.15, 0.2) is 23.6 Å². The molecule has 1 saturated heterocycles. The zero-order chi connectivity index (χ0) is 19.4. The summed E-state index contributed by atoms with van der Waals surface area (Å²) in [6.07, 6.45) is -0.852. The van der Waals surface area contributed by atoms with E-state index in [0.29, 0.717) is 11.5 Å². The quantitative estimate of drug-likeness (QED) is 0.705. The van der Waals surface area contributed by atoms with E-state index in [0.717, 1.165) is 11.4 Å². The van der Waals surface area contributed by atoms with Gasteiger partial charge in [-0.05, 0) is 12.5 Å². The molecule has 1 fully saturated rings. The highest BCUT2D eigenvalue weighted by Gasteiger charge is 2.46. The smallest absolute Gasteiger partial charge is 0.167 e. The Morgan fingerprint density at radius 3 is 2.64 bits per heavy atom. The summed E-state index contributed by atoms with van der Waals surface area (Å²) in [7, 11) is 0. The Labute approximate surface area is 161 Å². The molecular formula is C19H21N5O4. The minimum atomic E-state index is -1.19. The molecule has 28 heavy (non-hydrogen) atoms. The Morgan fingerprint density at radius 2 is 1.93 bits per heavy atom. The lowest BCUT2D eigenvalue weighted by molar-refractivity contribution is -0.0519. The van der Waals surface area contributed by atoms with Crippen molar-refractivity contribution in [3.63, 3.8) is 0 Å². The van der Waals surface area contributed by atoms with E-state index in [2.05, 4.69) is 29.0 Å². The molecule has 3 N–H and O–H groups in total. The van der Waals surface area contributed by atoms with E-state index in [1.807, 2.05) is 23.1 Å². The van der Waals surface area contributed by atoms with Crippen LogP contribution in [0.4, 0.5) is 5.82 Å². The van der Waals surface area contributed by atoms with Crippen molar-refractivity contribution in [1.82, 2.24) is 14.5 Å². The van der Waals surface area contributed by atoms with Crippen molar-refractivity contribution in [2.24, 2.45) is 9.98 Å². The molecular weight excluding hydrogens is 362 g/mol. The number of rotatable bonds is 3. The molecule has 0 saturated carbocycles. The summed E-state index contributed by atoms with van der Waals surface area (Å²) in [4.78, 5) is 15.8. The molecule has 4 heterocycles. The summed E-state index contributed by atoms with van der Waals surface area (Å²) in [5.74, 6) is 1.22. The van der Waals surface area contributed by atoms with Gasteiger partial charge in [-0.15, -0.1) is 0 Å². The maximum atomic E-state index is 10.3. The fourth-order valence-corrected chi connectivity index (χ4v) is 4.15. The van der Waals surface area contributed by atoms with E-state index in [-0.39, 0.29) is 18.7 Å². The molecule has 9 heteroatoms. The van der Waals surface area contributed by atoms with Crippen molar-refractivity contribution in [3.8, 4) is 0 Å². The van der Waals surface area contributed by atoms with Gasteiger partial charge in [0.1, 0.15) is 18.3 Å². The number of ether oxygens (including phenoxy) is 1. The highest BCUT2D eigenvalue weighted by Crippen LogP contribution is 2.40. The third-order valence-corrected chi connectivity index (χ3v) is 5.54. The van der Waals surface area contributed by atoms with Crippen LogP contribution in [0.3, 0.4) is 0 Å². The first-order chi connectivity index (χ1) is 13.6. The predicted octanol–water partition coefficient (Wildman–Crippen LogP) is 0.360. The SMILES string of the molecule is C[C@@H]1N=C2c3ncn(C4O[C@@H](CO)[C@H](O)[C@@H]4O)c3N=CN2[C@H]1c1ccccc1. The second-order valence-corrected chi connectivity index (χ2v) is 7.25. The van der Waals surface area contributed by atoms with E-state index < -0.39 is 24.5 Å². The summed E-state index contributed by atoms with van der Waals surface area (Å²) in [5.41, 5.74) is 1.75. The lowest BCUT2D eigenvalue weighted by Crippen LogP contribution is -2.34. The molecule has 0 aliphatic carbocycles. The largest absolute Gasteiger partial charge is 0.394 e. The van der Waals surface area contributed by atoms with E-state index in [4.69, 9.17) is 9.73 Å². The van der Waals surface area contributed by atoms with Gasteiger partial charge in [0.25, 0.3) is 0 Å².